The van der Waals surface area contributed by atoms with Crippen LogP contribution < -0.4 is 11.3 Å². The summed E-state index contributed by atoms with van der Waals surface area (Å²) in [5.41, 5.74) is 3.31. The SMILES string of the molecule is Cl.NNc1ncc(Br)cc1C1OCCO1. The molecule has 0 aromatic carbocycles. The van der Waals surface area contributed by atoms with Crippen LogP contribution in [0.15, 0.2) is 16.7 Å². The summed E-state index contributed by atoms with van der Waals surface area (Å²) in [5.74, 6) is 5.90. The predicted molar refractivity (Wildman–Crippen MR) is 61.6 cm³/mol. The van der Waals surface area contributed by atoms with E-state index in [2.05, 4.69) is 26.3 Å². The first kappa shape index (κ1) is 12.7. The van der Waals surface area contributed by atoms with Crippen LogP contribution in [0.2, 0.25) is 0 Å². The molecule has 0 unspecified atom stereocenters. The van der Waals surface area contributed by atoms with Gasteiger partial charge in [0, 0.05) is 10.7 Å². The lowest BCUT2D eigenvalue weighted by molar-refractivity contribution is -0.0438. The maximum Gasteiger partial charge on any atom is 0.187 e. The minimum absolute atomic E-state index is 0. The smallest absolute Gasteiger partial charge is 0.187 e. The van der Waals surface area contributed by atoms with E-state index in [9.17, 15) is 0 Å². The number of ether oxygens (including phenoxy) is 2. The third-order valence-corrected chi connectivity index (χ3v) is 2.33. The molecule has 0 saturated carbocycles. The van der Waals surface area contributed by atoms with Gasteiger partial charge in [0.2, 0.25) is 0 Å². The molecule has 7 heteroatoms. The molecule has 1 aliphatic heterocycles. The minimum Gasteiger partial charge on any atom is -0.346 e. The van der Waals surface area contributed by atoms with E-state index in [1.54, 1.807) is 6.20 Å². The molecule has 5 nitrogen and oxygen atoms in total. The molecule has 0 atom stereocenters. The van der Waals surface area contributed by atoms with E-state index >= 15 is 0 Å². The summed E-state index contributed by atoms with van der Waals surface area (Å²) in [7, 11) is 0. The predicted octanol–water partition coefficient (Wildman–Crippen LogP) is 1.60. The second-order valence-corrected chi connectivity index (χ2v) is 3.72. The first-order chi connectivity index (χ1) is 6.81. The average Bonchev–Trinajstić information content (AvgIpc) is 2.70. The fourth-order valence-electron chi connectivity index (χ4n) is 1.29. The molecule has 0 spiro atoms. The molecule has 0 amide bonds. The summed E-state index contributed by atoms with van der Waals surface area (Å²) in [6.45, 7) is 1.20. The molecule has 0 bridgehead atoms. The lowest BCUT2D eigenvalue weighted by Gasteiger charge is -2.13. The van der Waals surface area contributed by atoms with Gasteiger partial charge in [-0.15, -0.1) is 12.4 Å². The van der Waals surface area contributed by atoms with Crippen molar-refractivity contribution in [3.05, 3.63) is 22.3 Å². The molecule has 0 aliphatic carbocycles. The van der Waals surface area contributed by atoms with Gasteiger partial charge in [-0.2, -0.15) is 0 Å². The number of aromatic nitrogens is 1. The molecule has 1 saturated heterocycles. The molecular formula is C8H11BrClN3O2. The molecule has 0 radical (unpaired) electrons. The van der Waals surface area contributed by atoms with Gasteiger partial charge in [-0.3, -0.25) is 0 Å². The van der Waals surface area contributed by atoms with Crippen molar-refractivity contribution in [2.45, 2.75) is 6.29 Å². The fraction of sp³-hybridized carbons (Fsp3) is 0.375. The van der Waals surface area contributed by atoms with E-state index in [4.69, 9.17) is 15.3 Å². The van der Waals surface area contributed by atoms with Crippen LogP contribution in [0.3, 0.4) is 0 Å². The Balaban J connectivity index is 0.00000112. The maximum atomic E-state index is 5.36. The number of halogens is 2. The molecule has 15 heavy (non-hydrogen) atoms. The van der Waals surface area contributed by atoms with Crippen LogP contribution in [0.4, 0.5) is 5.82 Å². The minimum atomic E-state index is -0.369. The zero-order chi connectivity index (χ0) is 9.97. The van der Waals surface area contributed by atoms with Crippen molar-refractivity contribution in [3.63, 3.8) is 0 Å². The Labute approximate surface area is 102 Å². The number of hydrogen-bond donors (Lipinski definition) is 2. The van der Waals surface area contributed by atoms with Gasteiger partial charge in [-0.05, 0) is 22.0 Å². The van der Waals surface area contributed by atoms with Gasteiger partial charge >= 0.3 is 0 Å². The standard InChI is InChI=1S/C8H10BrN3O2.ClH/c9-5-3-6(7(12-10)11-4-5)8-13-1-2-14-8;/h3-4,8H,1-2,10H2,(H,11,12);1H. The average molecular weight is 297 g/mol. The van der Waals surface area contributed by atoms with E-state index < -0.39 is 0 Å². The lowest BCUT2D eigenvalue weighted by atomic mass is 10.2. The molecule has 84 valence electrons. The molecular weight excluding hydrogens is 285 g/mol. The van der Waals surface area contributed by atoms with Crippen molar-refractivity contribution in [1.82, 2.24) is 4.98 Å². The number of hydrogen-bond acceptors (Lipinski definition) is 5. The van der Waals surface area contributed by atoms with Gasteiger partial charge in [-0.25, -0.2) is 10.8 Å². The van der Waals surface area contributed by atoms with Crippen molar-refractivity contribution in [1.29, 1.82) is 0 Å². The Hall–Kier alpha value is -0.400. The third-order valence-electron chi connectivity index (χ3n) is 1.90. The number of nitrogen functional groups attached to an aromatic ring is 1. The summed E-state index contributed by atoms with van der Waals surface area (Å²) in [4.78, 5) is 4.10. The van der Waals surface area contributed by atoms with Crippen LogP contribution in [0.5, 0.6) is 0 Å². The number of anilines is 1. The summed E-state index contributed by atoms with van der Waals surface area (Å²) in [5, 5.41) is 0. The molecule has 1 aliphatic rings. The van der Waals surface area contributed by atoms with Crippen LogP contribution in [0, 0.1) is 0 Å². The highest BCUT2D eigenvalue weighted by Gasteiger charge is 2.22. The Morgan fingerprint density at radius 2 is 2.13 bits per heavy atom. The molecule has 2 heterocycles. The van der Waals surface area contributed by atoms with Crippen molar-refractivity contribution in [3.8, 4) is 0 Å². The number of nitrogens with two attached hydrogens (primary N) is 1. The van der Waals surface area contributed by atoms with E-state index in [1.165, 1.54) is 0 Å². The van der Waals surface area contributed by atoms with Crippen LogP contribution in [-0.4, -0.2) is 18.2 Å². The van der Waals surface area contributed by atoms with Crippen LogP contribution in [0.25, 0.3) is 0 Å². The van der Waals surface area contributed by atoms with E-state index in [0.717, 1.165) is 10.0 Å². The normalized spacial score (nSPS) is 16.1. The van der Waals surface area contributed by atoms with Gasteiger partial charge in [0.05, 0.1) is 18.8 Å². The van der Waals surface area contributed by atoms with Gasteiger partial charge < -0.3 is 14.9 Å². The third kappa shape index (κ3) is 2.79. The monoisotopic (exact) mass is 295 g/mol. The van der Waals surface area contributed by atoms with Gasteiger partial charge in [0.25, 0.3) is 0 Å². The highest BCUT2D eigenvalue weighted by Crippen LogP contribution is 2.29. The van der Waals surface area contributed by atoms with Crippen LogP contribution in [-0.2, 0) is 9.47 Å². The fourth-order valence-corrected chi connectivity index (χ4v) is 1.64. The lowest BCUT2D eigenvalue weighted by Crippen LogP contribution is -2.13. The number of pyridine rings is 1. The van der Waals surface area contributed by atoms with Gasteiger partial charge in [0.1, 0.15) is 5.82 Å². The van der Waals surface area contributed by atoms with Gasteiger partial charge in [0.15, 0.2) is 6.29 Å². The summed E-state index contributed by atoms with van der Waals surface area (Å²) >= 11 is 3.33. The zero-order valence-corrected chi connectivity index (χ0v) is 10.2. The van der Waals surface area contributed by atoms with Crippen LogP contribution >= 0.6 is 28.3 Å². The summed E-state index contributed by atoms with van der Waals surface area (Å²) in [6.07, 6.45) is 1.29. The highest BCUT2D eigenvalue weighted by molar-refractivity contribution is 9.10. The number of nitrogens with one attached hydrogen (secondary N) is 1. The number of nitrogens with zero attached hydrogens (tertiary/aromatic N) is 1. The quantitative estimate of drug-likeness (QED) is 0.641. The number of hydrazine groups is 1. The molecule has 1 aromatic rings. The summed E-state index contributed by atoms with van der Waals surface area (Å²) < 4.78 is 11.6. The Bertz CT molecular complexity index is 334. The maximum absolute atomic E-state index is 5.36. The topological polar surface area (TPSA) is 69.4 Å². The highest BCUT2D eigenvalue weighted by atomic mass is 79.9. The van der Waals surface area contributed by atoms with Crippen molar-refractivity contribution < 1.29 is 9.47 Å². The Kier molecular flexibility index (Phi) is 4.75. The largest absolute Gasteiger partial charge is 0.346 e. The summed E-state index contributed by atoms with van der Waals surface area (Å²) in [6, 6.07) is 1.87. The molecule has 2 rings (SSSR count). The second-order valence-electron chi connectivity index (χ2n) is 2.81. The van der Waals surface area contributed by atoms with Crippen molar-refractivity contribution >= 4 is 34.2 Å². The second kappa shape index (κ2) is 5.62. The van der Waals surface area contributed by atoms with Gasteiger partial charge in [-0.1, -0.05) is 0 Å². The van der Waals surface area contributed by atoms with E-state index in [1.807, 2.05) is 6.07 Å². The zero-order valence-electron chi connectivity index (χ0n) is 7.77. The Morgan fingerprint density at radius 3 is 2.73 bits per heavy atom. The molecule has 1 fully saturated rings. The van der Waals surface area contributed by atoms with Crippen LogP contribution in [0.1, 0.15) is 11.9 Å². The first-order valence-electron chi connectivity index (χ1n) is 4.16. The Morgan fingerprint density at radius 1 is 1.47 bits per heavy atom. The molecule has 1 aromatic heterocycles. The van der Waals surface area contributed by atoms with E-state index in [0.29, 0.717) is 19.0 Å². The van der Waals surface area contributed by atoms with Crippen molar-refractivity contribution in [2.24, 2.45) is 5.84 Å². The molecule has 3 N–H and O–H groups in total. The van der Waals surface area contributed by atoms with E-state index in [-0.39, 0.29) is 18.7 Å². The first-order valence-corrected chi connectivity index (χ1v) is 4.96. The van der Waals surface area contributed by atoms with Crippen molar-refractivity contribution in [2.75, 3.05) is 18.6 Å². The number of rotatable bonds is 2.